The molecule has 0 fully saturated rings. The Hall–Kier alpha value is 1.25. The molecule has 0 aromatic heterocycles. The van der Waals surface area contributed by atoms with Gasteiger partial charge in [-0.2, -0.15) is 5.92 Å². The van der Waals surface area contributed by atoms with Crippen LogP contribution in [0.4, 0.5) is 0 Å². The van der Waals surface area contributed by atoms with Gasteiger partial charge >= 0.3 is 23.1 Å². The number of hydrogen-bond acceptors (Lipinski definition) is 0. The summed E-state index contributed by atoms with van der Waals surface area (Å²) in [4.78, 5) is 0. The Morgan fingerprint density at radius 1 is 1.57 bits per heavy atom. The van der Waals surface area contributed by atoms with Gasteiger partial charge in [0.1, 0.15) is 0 Å². The van der Waals surface area contributed by atoms with E-state index in [9.17, 15) is 0 Å². The summed E-state index contributed by atoms with van der Waals surface area (Å²) in [5.74, 6) is 0.634. The third kappa shape index (κ3) is 18.9. The normalized spacial score (nSPS) is 10.7. The Balaban J connectivity index is -0.0000000800. The average molecular weight is 175 g/mol. The first-order valence-electron chi connectivity index (χ1n) is 2.10. The maximum Gasteiger partial charge on any atom is 2.00 e. The molecule has 2 heteroatoms. The summed E-state index contributed by atoms with van der Waals surface area (Å²) in [7, 11) is 0. The van der Waals surface area contributed by atoms with Gasteiger partial charge in [-0.05, 0) is 0 Å². The summed E-state index contributed by atoms with van der Waals surface area (Å²) >= 11 is 0. The van der Waals surface area contributed by atoms with Gasteiger partial charge in [-0.1, -0.05) is 20.3 Å². The van der Waals surface area contributed by atoms with Gasteiger partial charge in [0.15, 0.2) is 0 Å². The van der Waals surface area contributed by atoms with Crippen molar-refractivity contribution < 1.29 is 17.0 Å². The molecule has 0 N–H and O–H groups in total. The van der Waals surface area contributed by atoms with Crippen molar-refractivity contribution in [2.24, 2.45) is 5.92 Å². The van der Waals surface area contributed by atoms with Crippen molar-refractivity contribution >= 4 is 23.1 Å². The van der Waals surface area contributed by atoms with Gasteiger partial charge in [-0.15, -0.1) is 0 Å². The van der Waals surface area contributed by atoms with Crippen molar-refractivity contribution in [3.8, 4) is 0 Å². The van der Waals surface area contributed by atoms with E-state index in [0.717, 1.165) is 0 Å². The molecule has 0 aliphatic rings. The molecule has 0 bridgehead atoms. The summed E-state index contributed by atoms with van der Waals surface area (Å²) in [6.07, 6.45) is 1.19. The van der Waals surface area contributed by atoms with Gasteiger partial charge in [-0.25, -0.2) is 0 Å². The molecule has 0 aliphatic carbocycles. The summed E-state index contributed by atoms with van der Waals surface area (Å²) in [5.41, 5.74) is 0. The second kappa shape index (κ2) is 10.3. The second-order valence-corrected chi connectivity index (χ2v) is 1.51. The fourth-order valence-corrected chi connectivity index (χ4v) is 0. The van der Waals surface area contributed by atoms with Crippen LogP contribution in [0.25, 0.3) is 0 Å². The Morgan fingerprint density at radius 3 is 1.71 bits per heavy atom. The zero-order chi connectivity index (χ0) is 4.28. The minimum atomic E-state index is 0. The largest absolute Gasteiger partial charge is 2.00 e. The van der Waals surface area contributed by atoms with Crippen LogP contribution in [0, 0.1) is 12.8 Å². The molecule has 0 aromatic rings. The van der Waals surface area contributed by atoms with E-state index in [1.54, 1.807) is 0 Å². The van der Waals surface area contributed by atoms with Crippen LogP contribution in [0.15, 0.2) is 0 Å². The van der Waals surface area contributed by atoms with E-state index in [1.165, 1.54) is 6.42 Å². The van der Waals surface area contributed by atoms with E-state index in [0.29, 0.717) is 5.92 Å². The zero-order valence-electron chi connectivity index (χ0n) is 5.08. The van der Waals surface area contributed by atoms with Crippen LogP contribution in [0.5, 0.6) is 0 Å². The molecule has 1 atom stereocenters. The number of halogens is 1. The summed E-state index contributed by atoms with van der Waals surface area (Å²) < 4.78 is 0. The molecule has 0 saturated heterocycles. The van der Waals surface area contributed by atoms with Crippen LogP contribution < -0.4 is 17.0 Å². The van der Waals surface area contributed by atoms with Crippen molar-refractivity contribution in [3.63, 3.8) is 0 Å². The summed E-state index contributed by atoms with van der Waals surface area (Å²) in [5, 5.41) is 0. The quantitative estimate of drug-likeness (QED) is 0.336. The molecule has 0 unspecified atom stereocenters. The van der Waals surface area contributed by atoms with Gasteiger partial charge in [0.25, 0.3) is 0 Å². The van der Waals surface area contributed by atoms with Crippen LogP contribution in [0.2, 0.25) is 0 Å². The van der Waals surface area contributed by atoms with E-state index < -0.39 is 0 Å². The van der Waals surface area contributed by atoms with Crippen molar-refractivity contribution in [2.45, 2.75) is 20.3 Å². The van der Waals surface area contributed by atoms with Gasteiger partial charge < -0.3 is 23.9 Å². The van der Waals surface area contributed by atoms with Crippen molar-refractivity contribution in [1.29, 1.82) is 0 Å². The molecule has 0 radical (unpaired) electrons. The fourth-order valence-electron chi connectivity index (χ4n) is 0. The Labute approximate surface area is 73.0 Å². The number of rotatable bonds is 1. The van der Waals surface area contributed by atoms with Crippen LogP contribution in [-0.4, -0.2) is 23.1 Å². The first-order chi connectivity index (χ1) is 2.27. The summed E-state index contributed by atoms with van der Waals surface area (Å²) in [6.45, 7) is 8.00. The predicted molar refractivity (Wildman–Crippen MR) is 30.6 cm³/mol. The van der Waals surface area contributed by atoms with Gasteiger partial charge in [0.05, 0.1) is 0 Å². The molecular weight excluding hydrogens is 164 g/mol. The Bertz CT molecular complexity index is 22.0. The maximum absolute atomic E-state index is 3.76. The summed E-state index contributed by atoms with van der Waals surface area (Å²) in [6, 6.07) is 0. The Morgan fingerprint density at radius 2 is 1.71 bits per heavy atom. The minimum absolute atomic E-state index is 0. The first kappa shape index (κ1) is 15.7. The third-order valence-electron chi connectivity index (χ3n) is 0.697. The molecule has 0 aromatic carbocycles. The van der Waals surface area contributed by atoms with Crippen molar-refractivity contribution in [3.05, 3.63) is 6.92 Å². The molecule has 0 aliphatic heterocycles. The number of hydrogen-bond donors (Lipinski definition) is 0. The maximum atomic E-state index is 3.76. The monoisotopic (exact) mass is 174 g/mol. The molecule has 0 saturated carbocycles. The van der Waals surface area contributed by atoms with Crippen LogP contribution in [0.3, 0.4) is 0 Å². The predicted octanol–water partition coefficient (Wildman–Crippen LogP) is -1.51. The molecule has 0 amide bonds. The molecule has 7 heavy (non-hydrogen) atoms. The van der Waals surface area contributed by atoms with Gasteiger partial charge in [-0.3, -0.25) is 0 Å². The molecule has 0 spiro atoms. The van der Waals surface area contributed by atoms with E-state index in [4.69, 9.17) is 0 Å². The van der Waals surface area contributed by atoms with Crippen LogP contribution >= 0.6 is 0 Å². The Kier molecular flexibility index (Phi) is 23.1. The molecule has 0 heterocycles. The first-order valence-corrected chi connectivity index (χ1v) is 2.10. The smallest absolute Gasteiger partial charge is 1.00 e. The van der Waals surface area contributed by atoms with Crippen LogP contribution in [0.1, 0.15) is 20.3 Å². The van der Waals surface area contributed by atoms with E-state index in [1.807, 2.05) is 0 Å². The minimum Gasteiger partial charge on any atom is -1.00 e. The van der Waals surface area contributed by atoms with Crippen LogP contribution in [-0.2, 0) is 0 Å². The molecule has 40 valence electrons. The molecular formula is C5H11BrMg. The third-order valence-corrected chi connectivity index (χ3v) is 0.697. The molecule has 0 rings (SSSR count). The van der Waals surface area contributed by atoms with Crippen molar-refractivity contribution in [2.75, 3.05) is 0 Å². The average Bonchev–Trinajstić information content (AvgIpc) is 1.38. The van der Waals surface area contributed by atoms with E-state index in [2.05, 4.69) is 20.8 Å². The van der Waals surface area contributed by atoms with Gasteiger partial charge in [0, 0.05) is 0 Å². The topological polar surface area (TPSA) is 0 Å². The van der Waals surface area contributed by atoms with Gasteiger partial charge in [0.2, 0.25) is 0 Å². The van der Waals surface area contributed by atoms with E-state index >= 15 is 0 Å². The van der Waals surface area contributed by atoms with Crippen molar-refractivity contribution in [1.82, 2.24) is 0 Å². The second-order valence-electron chi connectivity index (χ2n) is 1.51. The molecule has 0 nitrogen and oxygen atoms in total. The SMILES string of the molecule is [Br-].[CH2-][C@H](C)CC.[Mg+2]. The van der Waals surface area contributed by atoms with E-state index in [-0.39, 0.29) is 40.0 Å². The zero-order valence-corrected chi connectivity index (χ0v) is 8.08. The standard InChI is InChI=1S/C5H11.BrH.Mg/c1-4-5(2)3;;/h5H,2,4H2,1,3H3;1H;/q-1;;+2/p-1/t5-;;/m1../s1. The fraction of sp³-hybridized carbons (Fsp3) is 0.800.